The predicted octanol–water partition coefficient (Wildman–Crippen LogP) is -0.600. The number of hydrogen-bond acceptors (Lipinski definition) is 5. The smallest absolute Gasteiger partial charge is 0.214 e. The summed E-state index contributed by atoms with van der Waals surface area (Å²) in [4.78, 5) is 4.37. The SMILES string of the molecule is CCNC(=NCCN1CCCS1(=O)=O)NC(C)CCS(C)(=O)=O. The average Bonchev–Trinajstić information content (AvgIpc) is 2.75. The number of rotatable bonds is 8. The maximum Gasteiger partial charge on any atom is 0.214 e. The zero-order valence-electron chi connectivity index (χ0n) is 14.1. The lowest BCUT2D eigenvalue weighted by molar-refractivity contribution is 0.451. The number of aliphatic imine (C=N–C) groups is 1. The molecule has 0 spiro atoms. The number of hydrogen-bond donors (Lipinski definition) is 2. The molecule has 8 nitrogen and oxygen atoms in total. The molecule has 0 aliphatic carbocycles. The first kappa shape index (κ1) is 20.2. The highest BCUT2D eigenvalue weighted by Gasteiger charge is 2.27. The summed E-state index contributed by atoms with van der Waals surface area (Å²) in [5.74, 6) is 0.912. The summed E-state index contributed by atoms with van der Waals surface area (Å²) in [5, 5.41) is 6.22. The predicted molar refractivity (Wildman–Crippen MR) is 92.9 cm³/mol. The van der Waals surface area contributed by atoms with Crippen LogP contribution in [0.2, 0.25) is 0 Å². The van der Waals surface area contributed by atoms with E-state index in [1.165, 1.54) is 10.6 Å². The largest absolute Gasteiger partial charge is 0.357 e. The fourth-order valence-electron chi connectivity index (χ4n) is 2.23. The van der Waals surface area contributed by atoms with Crippen LogP contribution in [0.15, 0.2) is 4.99 Å². The lowest BCUT2D eigenvalue weighted by Gasteiger charge is -2.18. The maximum absolute atomic E-state index is 11.7. The van der Waals surface area contributed by atoms with Crippen LogP contribution in [-0.4, -0.2) is 77.1 Å². The molecular formula is C13H28N4O4S2. The van der Waals surface area contributed by atoms with Crippen LogP contribution in [0, 0.1) is 0 Å². The Hall–Kier alpha value is -0.870. The minimum atomic E-state index is -3.09. The van der Waals surface area contributed by atoms with Gasteiger partial charge < -0.3 is 10.6 Å². The number of nitrogens with one attached hydrogen (secondary N) is 2. The van der Waals surface area contributed by atoms with E-state index < -0.39 is 19.9 Å². The molecule has 1 aliphatic heterocycles. The molecule has 1 unspecified atom stereocenters. The molecule has 2 N–H and O–H groups in total. The van der Waals surface area contributed by atoms with Crippen LogP contribution in [0.25, 0.3) is 0 Å². The van der Waals surface area contributed by atoms with Gasteiger partial charge in [0, 0.05) is 31.9 Å². The molecule has 0 aromatic heterocycles. The van der Waals surface area contributed by atoms with Crippen molar-refractivity contribution in [3.05, 3.63) is 0 Å². The molecule has 0 aromatic rings. The summed E-state index contributed by atoms with van der Waals surface area (Å²) in [6, 6.07) is -0.0435. The number of guanidine groups is 1. The monoisotopic (exact) mass is 368 g/mol. The number of nitrogens with zero attached hydrogens (tertiary/aromatic N) is 2. The lowest BCUT2D eigenvalue weighted by atomic mass is 10.3. The summed E-state index contributed by atoms with van der Waals surface area (Å²) in [5.41, 5.74) is 0. The third kappa shape index (κ3) is 7.98. The highest BCUT2D eigenvalue weighted by Crippen LogP contribution is 2.12. The Labute approximate surface area is 139 Å². The molecule has 1 rings (SSSR count). The molecule has 1 heterocycles. The van der Waals surface area contributed by atoms with Crippen molar-refractivity contribution < 1.29 is 16.8 Å². The van der Waals surface area contributed by atoms with Crippen LogP contribution < -0.4 is 10.6 Å². The van der Waals surface area contributed by atoms with Crippen molar-refractivity contribution in [3.63, 3.8) is 0 Å². The van der Waals surface area contributed by atoms with E-state index in [4.69, 9.17) is 0 Å². The number of sulfone groups is 1. The number of sulfonamides is 1. The first-order chi connectivity index (χ1) is 10.6. The van der Waals surface area contributed by atoms with Crippen molar-refractivity contribution in [1.29, 1.82) is 0 Å². The minimum absolute atomic E-state index is 0.0435. The van der Waals surface area contributed by atoms with Gasteiger partial charge in [-0.3, -0.25) is 4.99 Å². The van der Waals surface area contributed by atoms with E-state index in [9.17, 15) is 16.8 Å². The summed E-state index contributed by atoms with van der Waals surface area (Å²) in [6.45, 7) is 5.80. The van der Waals surface area contributed by atoms with E-state index in [0.29, 0.717) is 45.0 Å². The second kappa shape index (κ2) is 8.84. The van der Waals surface area contributed by atoms with Crippen molar-refractivity contribution in [2.24, 2.45) is 4.99 Å². The molecule has 136 valence electrons. The third-order valence-electron chi connectivity index (χ3n) is 3.47. The highest BCUT2D eigenvalue weighted by atomic mass is 32.2. The lowest BCUT2D eigenvalue weighted by Crippen LogP contribution is -2.43. The first-order valence-corrected chi connectivity index (χ1v) is 11.5. The van der Waals surface area contributed by atoms with Crippen molar-refractivity contribution in [3.8, 4) is 0 Å². The van der Waals surface area contributed by atoms with Crippen molar-refractivity contribution in [2.45, 2.75) is 32.7 Å². The van der Waals surface area contributed by atoms with Crippen LogP contribution in [0.5, 0.6) is 0 Å². The standard InChI is InChI=1S/C13H28N4O4S2/c1-4-14-13(16-12(2)6-11-22(3,18)19)15-7-9-17-8-5-10-23(17,20)21/h12H,4-11H2,1-3H3,(H2,14,15,16). The van der Waals surface area contributed by atoms with Gasteiger partial charge in [-0.1, -0.05) is 0 Å². The van der Waals surface area contributed by atoms with Crippen LogP contribution >= 0.6 is 0 Å². The van der Waals surface area contributed by atoms with Gasteiger partial charge in [0.15, 0.2) is 5.96 Å². The molecule has 10 heteroatoms. The molecule has 1 saturated heterocycles. The zero-order chi connectivity index (χ0) is 17.5. The van der Waals surface area contributed by atoms with E-state index >= 15 is 0 Å². The van der Waals surface area contributed by atoms with Gasteiger partial charge in [0.2, 0.25) is 10.0 Å². The first-order valence-electron chi connectivity index (χ1n) is 7.84. The van der Waals surface area contributed by atoms with Crippen LogP contribution in [-0.2, 0) is 19.9 Å². The van der Waals surface area contributed by atoms with E-state index in [0.717, 1.165) is 0 Å². The molecule has 0 bridgehead atoms. The van der Waals surface area contributed by atoms with Gasteiger partial charge >= 0.3 is 0 Å². The average molecular weight is 369 g/mol. The van der Waals surface area contributed by atoms with Gasteiger partial charge in [0.1, 0.15) is 9.84 Å². The van der Waals surface area contributed by atoms with Gasteiger partial charge in [-0.2, -0.15) is 0 Å². The van der Waals surface area contributed by atoms with Gasteiger partial charge in [0.05, 0.1) is 18.1 Å². The summed E-state index contributed by atoms with van der Waals surface area (Å²) < 4.78 is 47.3. The van der Waals surface area contributed by atoms with E-state index in [1.807, 2.05) is 13.8 Å². The molecule has 0 saturated carbocycles. The fraction of sp³-hybridized carbons (Fsp3) is 0.923. The van der Waals surface area contributed by atoms with E-state index in [1.54, 1.807) is 0 Å². The van der Waals surface area contributed by atoms with Crippen molar-refractivity contribution >= 4 is 25.8 Å². The Bertz CT molecular complexity index is 601. The quantitative estimate of drug-likeness (QED) is 0.438. The molecule has 1 fully saturated rings. The molecule has 1 aliphatic rings. The van der Waals surface area contributed by atoms with Gasteiger partial charge in [-0.25, -0.2) is 21.1 Å². The second-order valence-corrected chi connectivity index (χ2v) is 10.1. The van der Waals surface area contributed by atoms with Crippen LogP contribution in [0.3, 0.4) is 0 Å². The van der Waals surface area contributed by atoms with Crippen LogP contribution in [0.1, 0.15) is 26.7 Å². The third-order valence-corrected chi connectivity index (χ3v) is 6.41. The van der Waals surface area contributed by atoms with E-state index in [-0.39, 0.29) is 17.5 Å². The molecule has 23 heavy (non-hydrogen) atoms. The van der Waals surface area contributed by atoms with Gasteiger partial charge in [0.25, 0.3) is 0 Å². The highest BCUT2D eigenvalue weighted by molar-refractivity contribution is 7.90. The fourth-order valence-corrected chi connectivity index (χ4v) is 4.53. The topological polar surface area (TPSA) is 108 Å². The maximum atomic E-state index is 11.7. The van der Waals surface area contributed by atoms with E-state index in [2.05, 4.69) is 15.6 Å². The minimum Gasteiger partial charge on any atom is -0.357 e. The van der Waals surface area contributed by atoms with Crippen molar-refractivity contribution in [1.82, 2.24) is 14.9 Å². The second-order valence-electron chi connectivity index (χ2n) is 5.79. The molecule has 1 atom stereocenters. The van der Waals surface area contributed by atoms with Gasteiger partial charge in [-0.05, 0) is 26.7 Å². The Morgan fingerprint density at radius 1 is 1.39 bits per heavy atom. The molecule has 0 radical (unpaired) electrons. The molecule has 0 aromatic carbocycles. The normalized spacial score (nSPS) is 20.4. The van der Waals surface area contributed by atoms with Gasteiger partial charge in [-0.15, -0.1) is 0 Å². The van der Waals surface area contributed by atoms with Crippen LogP contribution in [0.4, 0.5) is 0 Å². The summed E-state index contributed by atoms with van der Waals surface area (Å²) >= 11 is 0. The Balaban J connectivity index is 2.49. The zero-order valence-corrected chi connectivity index (χ0v) is 15.7. The summed E-state index contributed by atoms with van der Waals surface area (Å²) in [6.07, 6.45) is 2.38. The van der Waals surface area contributed by atoms with Crippen molar-refractivity contribution in [2.75, 3.05) is 43.9 Å². The molecule has 0 amide bonds. The Kier molecular flexibility index (Phi) is 7.75. The Morgan fingerprint density at radius 3 is 2.61 bits per heavy atom. The summed E-state index contributed by atoms with van der Waals surface area (Å²) in [7, 11) is -6.07. The Morgan fingerprint density at radius 2 is 2.09 bits per heavy atom. The molecular weight excluding hydrogens is 340 g/mol.